The maximum atomic E-state index is 12.3. The fraction of sp³-hybridized carbons (Fsp3) is 0.429. The summed E-state index contributed by atoms with van der Waals surface area (Å²) in [4.78, 5) is 18.4. The molecule has 4 nitrogen and oxygen atoms in total. The maximum absolute atomic E-state index is 12.3. The van der Waals surface area contributed by atoms with Crippen LogP contribution in [0.1, 0.15) is 26.3 Å². The molecule has 0 spiro atoms. The van der Waals surface area contributed by atoms with Crippen LogP contribution < -0.4 is 5.73 Å². The van der Waals surface area contributed by atoms with Crippen molar-refractivity contribution in [2.75, 3.05) is 12.8 Å². The van der Waals surface area contributed by atoms with Crippen molar-refractivity contribution >= 4 is 17.9 Å². The highest BCUT2D eigenvalue weighted by molar-refractivity contribution is 5.94. The van der Waals surface area contributed by atoms with Gasteiger partial charge in [0.1, 0.15) is 0 Å². The Morgan fingerprint density at radius 2 is 1.94 bits per heavy atom. The van der Waals surface area contributed by atoms with E-state index in [0.29, 0.717) is 5.69 Å². The number of rotatable bonds is 1. The molecule has 1 amide bonds. The van der Waals surface area contributed by atoms with Crippen LogP contribution >= 0.6 is 0 Å². The van der Waals surface area contributed by atoms with Gasteiger partial charge in [0.15, 0.2) is 0 Å². The molecule has 18 heavy (non-hydrogen) atoms. The van der Waals surface area contributed by atoms with Gasteiger partial charge in [-0.25, -0.2) is 0 Å². The van der Waals surface area contributed by atoms with Crippen LogP contribution in [0.2, 0.25) is 0 Å². The number of carbonyl (C=O) groups excluding carboxylic acids is 1. The van der Waals surface area contributed by atoms with Gasteiger partial charge in [0.25, 0.3) is 0 Å². The van der Waals surface area contributed by atoms with Gasteiger partial charge in [-0.05, 0) is 38.5 Å². The van der Waals surface area contributed by atoms with Gasteiger partial charge in [0, 0.05) is 12.7 Å². The standard InChI is InChI=1S/C14H19N3O/c1-13(2)12(18)17(4)9-16-14(13,3)10-6-5-7-11(15)8-10/h5-9H,15H2,1-4H3/t14-/m1/s1. The van der Waals surface area contributed by atoms with Gasteiger partial charge in [0.05, 0.1) is 17.3 Å². The summed E-state index contributed by atoms with van der Waals surface area (Å²) in [5, 5.41) is 0. The molecule has 0 fully saturated rings. The molecule has 1 aliphatic rings. The second kappa shape index (κ2) is 3.83. The Balaban J connectivity index is 2.60. The number of nitrogen functional groups attached to an aromatic ring is 1. The van der Waals surface area contributed by atoms with Crippen LogP contribution in [0.3, 0.4) is 0 Å². The Bertz CT molecular complexity index is 522. The molecule has 0 bridgehead atoms. The third kappa shape index (κ3) is 1.60. The quantitative estimate of drug-likeness (QED) is 0.769. The number of aliphatic imine (C=N–C) groups is 1. The highest BCUT2D eigenvalue weighted by Gasteiger charge is 2.50. The fourth-order valence-electron chi connectivity index (χ4n) is 2.34. The second-order valence-electron chi connectivity index (χ2n) is 5.48. The first-order valence-electron chi connectivity index (χ1n) is 5.97. The molecule has 1 atom stereocenters. The number of nitrogens with two attached hydrogens (primary N) is 1. The normalized spacial score (nSPS) is 26.4. The summed E-state index contributed by atoms with van der Waals surface area (Å²) in [5.41, 5.74) is 6.28. The molecule has 0 saturated heterocycles. The monoisotopic (exact) mass is 245 g/mol. The van der Waals surface area contributed by atoms with Gasteiger partial charge in [-0.1, -0.05) is 12.1 Å². The highest BCUT2D eigenvalue weighted by atomic mass is 16.2. The summed E-state index contributed by atoms with van der Waals surface area (Å²) in [6, 6.07) is 7.58. The Labute approximate surface area is 108 Å². The smallest absolute Gasteiger partial charge is 0.235 e. The number of anilines is 1. The molecule has 1 heterocycles. The highest BCUT2D eigenvalue weighted by Crippen LogP contribution is 2.45. The molecule has 0 radical (unpaired) electrons. The van der Waals surface area contributed by atoms with E-state index in [4.69, 9.17) is 5.73 Å². The molecule has 4 heteroatoms. The molecule has 0 saturated carbocycles. The third-order valence-corrected chi connectivity index (χ3v) is 4.01. The van der Waals surface area contributed by atoms with Gasteiger partial charge in [-0.3, -0.25) is 9.79 Å². The summed E-state index contributed by atoms with van der Waals surface area (Å²) in [5.74, 6) is 0.0578. The summed E-state index contributed by atoms with van der Waals surface area (Å²) in [6.07, 6.45) is 1.59. The van der Waals surface area contributed by atoms with E-state index in [-0.39, 0.29) is 5.91 Å². The van der Waals surface area contributed by atoms with Gasteiger partial charge in [-0.15, -0.1) is 0 Å². The van der Waals surface area contributed by atoms with Crippen LogP contribution in [-0.4, -0.2) is 24.2 Å². The van der Waals surface area contributed by atoms with E-state index in [1.165, 1.54) is 4.90 Å². The molecule has 0 aliphatic carbocycles. The molecule has 2 rings (SSSR count). The lowest BCUT2D eigenvalue weighted by Gasteiger charge is -2.45. The van der Waals surface area contributed by atoms with E-state index >= 15 is 0 Å². The van der Waals surface area contributed by atoms with E-state index < -0.39 is 11.0 Å². The number of amides is 1. The van der Waals surface area contributed by atoms with Crippen molar-refractivity contribution in [1.29, 1.82) is 0 Å². The van der Waals surface area contributed by atoms with Crippen LogP contribution in [0.15, 0.2) is 29.3 Å². The number of hydrogen-bond donors (Lipinski definition) is 1. The average molecular weight is 245 g/mol. The molecule has 2 N–H and O–H groups in total. The molecule has 0 unspecified atom stereocenters. The molecular weight excluding hydrogens is 226 g/mol. The van der Waals surface area contributed by atoms with E-state index in [1.807, 2.05) is 45.0 Å². The van der Waals surface area contributed by atoms with Gasteiger partial charge in [0.2, 0.25) is 5.91 Å². The number of carbonyl (C=O) groups is 1. The van der Waals surface area contributed by atoms with E-state index in [2.05, 4.69) is 4.99 Å². The van der Waals surface area contributed by atoms with Gasteiger partial charge < -0.3 is 10.6 Å². The van der Waals surface area contributed by atoms with Crippen molar-refractivity contribution in [3.05, 3.63) is 29.8 Å². The summed E-state index contributed by atoms with van der Waals surface area (Å²) < 4.78 is 0. The largest absolute Gasteiger partial charge is 0.399 e. The second-order valence-corrected chi connectivity index (χ2v) is 5.48. The molecule has 1 aliphatic heterocycles. The minimum absolute atomic E-state index is 0.0578. The van der Waals surface area contributed by atoms with Gasteiger partial charge in [-0.2, -0.15) is 0 Å². The van der Waals surface area contributed by atoms with Crippen LogP contribution in [-0.2, 0) is 10.3 Å². The molecule has 96 valence electrons. The lowest BCUT2D eigenvalue weighted by atomic mass is 9.68. The lowest BCUT2D eigenvalue weighted by Crippen LogP contribution is -2.53. The first-order valence-corrected chi connectivity index (χ1v) is 5.97. The molecule has 1 aromatic carbocycles. The summed E-state index contributed by atoms with van der Waals surface area (Å²) in [6.45, 7) is 5.82. The van der Waals surface area contributed by atoms with Crippen LogP contribution in [0.4, 0.5) is 5.69 Å². The van der Waals surface area contributed by atoms with Crippen molar-refractivity contribution in [2.45, 2.75) is 26.3 Å². The SMILES string of the molecule is CN1C=N[C@](C)(c2cccc(N)c2)C(C)(C)C1=O. The first-order chi connectivity index (χ1) is 8.29. The van der Waals surface area contributed by atoms with E-state index in [0.717, 1.165) is 5.56 Å². The van der Waals surface area contributed by atoms with Crippen molar-refractivity contribution in [3.63, 3.8) is 0 Å². The first kappa shape index (κ1) is 12.6. The third-order valence-electron chi connectivity index (χ3n) is 4.01. The predicted octanol–water partition coefficient (Wildman–Crippen LogP) is 2.01. The van der Waals surface area contributed by atoms with Gasteiger partial charge >= 0.3 is 0 Å². The Hall–Kier alpha value is -1.84. The Morgan fingerprint density at radius 1 is 1.28 bits per heavy atom. The zero-order chi connectivity index (χ0) is 13.6. The maximum Gasteiger partial charge on any atom is 0.235 e. The summed E-state index contributed by atoms with van der Waals surface area (Å²) in [7, 11) is 1.73. The molecule has 0 aromatic heterocycles. The van der Waals surface area contributed by atoms with Crippen LogP contribution in [0.5, 0.6) is 0 Å². The van der Waals surface area contributed by atoms with Crippen LogP contribution in [0.25, 0.3) is 0 Å². The van der Waals surface area contributed by atoms with Crippen molar-refractivity contribution in [3.8, 4) is 0 Å². The Morgan fingerprint density at radius 3 is 2.56 bits per heavy atom. The molecule has 1 aromatic rings. The molecular formula is C14H19N3O. The van der Waals surface area contributed by atoms with E-state index in [9.17, 15) is 4.79 Å². The number of benzene rings is 1. The average Bonchev–Trinajstić information content (AvgIpc) is 2.32. The minimum Gasteiger partial charge on any atom is -0.399 e. The fourth-order valence-corrected chi connectivity index (χ4v) is 2.34. The van der Waals surface area contributed by atoms with E-state index in [1.54, 1.807) is 13.4 Å². The predicted molar refractivity (Wildman–Crippen MR) is 73.2 cm³/mol. The lowest BCUT2D eigenvalue weighted by molar-refractivity contribution is -0.140. The zero-order valence-corrected chi connectivity index (χ0v) is 11.3. The number of hydrogen-bond acceptors (Lipinski definition) is 3. The number of nitrogens with zero attached hydrogens (tertiary/aromatic N) is 2. The summed E-state index contributed by atoms with van der Waals surface area (Å²) >= 11 is 0. The zero-order valence-electron chi connectivity index (χ0n) is 11.3. The topological polar surface area (TPSA) is 58.7 Å². The van der Waals surface area contributed by atoms with Crippen molar-refractivity contribution in [1.82, 2.24) is 4.90 Å². The minimum atomic E-state index is -0.607. The van der Waals surface area contributed by atoms with Crippen molar-refractivity contribution in [2.24, 2.45) is 10.4 Å². The Kier molecular flexibility index (Phi) is 2.69. The van der Waals surface area contributed by atoms with Crippen LogP contribution in [0, 0.1) is 5.41 Å². The van der Waals surface area contributed by atoms with Crippen molar-refractivity contribution < 1.29 is 4.79 Å².